The molecule has 1 aromatic heterocycles. The Balaban J connectivity index is 1.81. The minimum absolute atomic E-state index is 0.0904. The van der Waals surface area contributed by atoms with E-state index >= 15 is 0 Å². The third-order valence-corrected chi connectivity index (χ3v) is 3.90. The quantitative estimate of drug-likeness (QED) is 0.905. The third-order valence-electron chi connectivity index (χ3n) is 3.90. The molecular formula is C18H19N3O. The van der Waals surface area contributed by atoms with Crippen LogP contribution in [0.3, 0.4) is 0 Å². The number of benzene rings is 1. The summed E-state index contributed by atoms with van der Waals surface area (Å²) >= 11 is 0. The van der Waals surface area contributed by atoms with Crippen molar-refractivity contribution in [3.05, 3.63) is 65.6 Å². The third kappa shape index (κ3) is 2.86. The van der Waals surface area contributed by atoms with Crippen LogP contribution in [-0.4, -0.2) is 10.9 Å². The van der Waals surface area contributed by atoms with Crippen LogP contribution in [0.4, 0.5) is 11.4 Å². The molecule has 0 saturated carbocycles. The molecule has 1 aliphatic rings. The zero-order chi connectivity index (χ0) is 15.5. The number of hydrogen-bond donors (Lipinski definition) is 2. The van der Waals surface area contributed by atoms with Gasteiger partial charge in [-0.15, -0.1) is 0 Å². The lowest BCUT2D eigenvalue weighted by Crippen LogP contribution is -2.15. The van der Waals surface area contributed by atoms with Crippen molar-refractivity contribution in [3.63, 3.8) is 0 Å². The van der Waals surface area contributed by atoms with Crippen LogP contribution in [0.2, 0.25) is 0 Å². The number of nitrogens with one attached hydrogen (secondary N) is 2. The number of aryl methyl sites for hydroxylation is 2. The summed E-state index contributed by atoms with van der Waals surface area (Å²) in [5.41, 5.74) is 5.77. The Morgan fingerprint density at radius 1 is 1.36 bits per heavy atom. The largest absolute Gasteiger partial charge is 0.359 e. The molecule has 1 aliphatic heterocycles. The number of fused-ring (bicyclic) bond motifs is 1. The highest BCUT2D eigenvalue weighted by Gasteiger charge is 2.14. The van der Waals surface area contributed by atoms with Crippen molar-refractivity contribution in [2.24, 2.45) is 0 Å². The van der Waals surface area contributed by atoms with E-state index in [2.05, 4.69) is 22.2 Å². The Hall–Kier alpha value is -2.62. The van der Waals surface area contributed by atoms with Gasteiger partial charge in [0.2, 0.25) is 0 Å². The molecule has 0 radical (unpaired) electrons. The van der Waals surface area contributed by atoms with E-state index in [1.54, 1.807) is 18.5 Å². The summed E-state index contributed by atoms with van der Waals surface area (Å²) in [4.78, 5) is 16.5. The van der Waals surface area contributed by atoms with E-state index in [0.717, 1.165) is 41.9 Å². The van der Waals surface area contributed by atoms with Crippen LogP contribution in [-0.2, 0) is 12.8 Å². The fourth-order valence-electron chi connectivity index (χ4n) is 2.67. The van der Waals surface area contributed by atoms with Gasteiger partial charge in [0, 0.05) is 35.0 Å². The van der Waals surface area contributed by atoms with Crippen LogP contribution in [0.25, 0.3) is 0 Å². The van der Waals surface area contributed by atoms with Crippen LogP contribution in [0, 0.1) is 0 Å². The van der Waals surface area contributed by atoms with Crippen molar-refractivity contribution < 1.29 is 4.79 Å². The van der Waals surface area contributed by atoms with Gasteiger partial charge in [0.25, 0.3) is 5.91 Å². The fraction of sp³-hybridized carbons (Fsp3) is 0.222. The van der Waals surface area contributed by atoms with Gasteiger partial charge >= 0.3 is 0 Å². The molecule has 2 aromatic rings. The predicted molar refractivity (Wildman–Crippen MR) is 89.1 cm³/mol. The smallest absolute Gasteiger partial charge is 0.256 e. The molecule has 4 heteroatoms. The molecule has 1 aromatic carbocycles. The number of aromatic nitrogens is 1. The number of carbonyl (C=O) groups is 1. The monoisotopic (exact) mass is 293 g/mol. The lowest BCUT2D eigenvalue weighted by molar-refractivity contribution is 0.102. The fourth-order valence-corrected chi connectivity index (χ4v) is 2.67. The first-order chi connectivity index (χ1) is 10.7. The topological polar surface area (TPSA) is 54.0 Å². The minimum Gasteiger partial charge on any atom is -0.359 e. The molecule has 0 atom stereocenters. The summed E-state index contributed by atoms with van der Waals surface area (Å²) in [7, 11) is 0. The number of rotatable bonds is 3. The molecule has 0 bridgehead atoms. The van der Waals surface area contributed by atoms with Gasteiger partial charge in [0.15, 0.2) is 0 Å². The Labute approximate surface area is 130 Å². The molecule has 0 spiro atoms. The number of hydrogen-bond acceptors (Lipinski definition) is 3. The van der Waals surface area contributed by atoms with Crippen LogP contribution < -0.4 is 10.6 Å². The van der Waals surface area contributed by atoms with E-state index in [-0.39, 0.29) is 5.91 Å². The number of carbonyl (C=O) groups excluding carboxylic acids is 1. The SMILES string of the molecule is C=C1CCc2cc(NC(=O)c3ccncc3CC)ccc2N1. The standard InChI is InChI=1S/C18H19N3O/c1-3-13-11-19-9-8-16(13)18(22)21-15-6-7-17-14(10-15)5-4-12(2)20-17/h6-11,20H,2-5H2,1H3,(H,21,22). The van der Waals surface area contributed by atoms with Crippen LogP contribution in [0.1, 0.15) is 34.8 Å². The molecule has 0 aliphatic carbocycles. The second kappa shape index (κ2) is 6.02. The Kier molecular flexibility index (Phi) is 3.92. The Bertz CT molecular complexity index is 737. The summed E-state index contributed by atoms with van der Waals surface area (Å²) in [6, 6.07) is 7.69. The molecule has 3 rings (SSSR count). The number of amides is 1. The maximum atomic E-state index is 12.4. The van der Waals surface area contributed by atoms with E-state index < -0.39 is 0 Å². The lowest BCUT2D eigenvalue weighted by atomic mass is 10.0. The van der Waals surface area contributed by atoms with Crippen molar-refractivity contribution >= 4 is 17.3 Å². The van der Waals surface area contributed by atoms with E-state index in [4.69, 9.17) is 0 Å². The second-order valence-corrected chi connectivity index (χ2v) is 5.44. The first-order valence-corrected chi connectivity index (χ1v) is 7.49. The van der Waals surface area contributed by atoms with Gasteiger partial charge < -0.3 is 10.6 Å². The molecule has 4 nitrogen and oxygen atoms in total. The van der Waals surface area contributed by atoms with Crippen molar-refractivity contribution in [3.8, 4) is 0 Å². The molecule has 1 amide bonds. The lowest BCUT2D eigenvalue weighted by Gasteiger charge is -2.20. The van der Waals surface area contributed by atoms with Crippen molar-refractivity contribution in [2.75, 3.05) is 10.6 Å². The van der Waals surface area contributed by atoms with Crippen molar-refractivity contribution in [1.29, 1.82) is 0 Å². The van der Waals surface area contributed by atoms with Gasteiger partial charge in [-0.25, -0.2) is 0 Å². The average Bonchev–Trinajstić information content (AvgIpc) is 2.55. The summed E-state index contributed by atoms with van der Waals surface area (Å²) in [5.74, 6) is -0.0904. The van der Waals surface area contributed by atoms with Crippen molar-refractivity contribution in [2.45, 2.75) is 26.2 Å². The molecule has 2 N–H and O–H groups in total. The zero-order valence-corrected chi connectivity index (χ0v) is 12.6. The maximum Gasteiger partial charge on any atom is 0.256 e. The van der Waals surface area contributed by atoms with E-state index in [1.165, 1.54) is 5.56 Å². The summed E-state index contributed by atoms with van der Waals surface area (Å²) in [6.45, 7) is 5.97. The van der Waals surface area contributed by atoms with E-state index in [0.29, 0.717) is 5.56 Å². The molecule has 0 saturated heterocycles. The molecule has 2 heterocycles. The van der Waals surface area contributed by atoms with Crippen LogP contribution in [0.15, 0.2) is 48.9 Å². The molecule has 0 unspecified atom stereocenters. The van der Waals surface area contributed by atoms with Gasteiger partial charge in [0.1, 0.15) is 0 Å². The number of nitrogens with zero attached hydrogens (tertiary/aromatic N) is 1. The zero-order valence-electron chi connectivity index (χ0n) is 12.6. The summed E-state index contributed by atoms with van der Waals surface area (Å²) in [5, 5.41) is 6.25. The first kappa shape index (κ1) is 14.3. The van der Waals surface area contributed by atoms with Gasteiger partial charge in [-0.1, -0.05) is 13.5 Å². The summed E-state index contributed by atoms with van der Waals surface area (Å²) < 4.78 is 0. The van der Waals surface area contributed by atoms with Gasteiger partial charge in [-0.05, 0) is 54.7 Å². The highest BCUT2D eigenvalue weighted by Crippen LogP contribution is 2.28. The first-order valence-electron chi connectivity index (χ1n) is 7.49. The Morgan fingerprint density at radius 3 is 3.05 bits per heavy atom. The van der Waals surface area contributed by atoms with E-state index in [9.17, 15) is 4.79 Å². The van der Waals surface area contributed by atoms with E-state index in [1.807, 2.05) is 25.1 Å². The highest BCUT2D eigenvalue weighted by molar-refractivity contribution is 6.05. The average molecular weight is 293 g/mol. The molecule has 0 fully saturated rings. The number of allylic oxidation sites excluding steroid dienone is 1. The highest BCUT2D eigenvalue weighted by atomic mass is 16.1. The molecule has 112 valence electrons. The van der Waals surface area contributed by atoms with Gasteiger partial charge in [0.05, 0.1) is 0 Å². The Morgan fingerprint density at radius 2 is 2.23 bits per heavy atom. The second-order valence-electron chi connectivity index (χ2n) is 5.44. The van der Waals surface area contributed by atoms with Crippen LogP contribution in [0.5, 0.6) is 0 Å². The van der Waals surface area contributed by atoms with Gasteiger partial charge in [-0.3, -0.25) is 9.78 Å². The van der Waals surface area contributed by atoms with Gasteiger partial charge in [-0.2, -0.15) is 0 Å². The van der Waals surface area contributed by atoms with Crippen molar-refractivity contribution in [1.82, 2.24) is 4.98 Å². The normalized spacial score (nSPS) is 13.2. The molecule has 22 heavy (non-hydrogen) atoms. The maximum absolute atomic E-state index is 12.4. The number of anilines is 2. The molecular weight excluding hydrogens is 274 g/mol. The van der Waals surface area contributed by atoms with Crippen LogP contribution >= 0.6 is 0 Å². The minimum atomic E-state index is -0.0904. The summed E-state index contributed by atoms with van der Waals surface area (Å²) in [6.07, 6.45) is 6.05. The number of pyridine rings is 1. The predicted octanol–water partition coefficient (Wildman–Crippen LogP) is 3.77.